The van der Waals surface area contributed by atoms with Gasteiger partial charge in [-0.05, 0) is 24.6 Å². The topological polar surface area (TPSA) is 81.0 Å². The number of phenolic OH excluding ortho intramolecular Hbond substituents is 1. The van der Waals surface area contributed by atoms with E-state index in [0.29, 0.717) is 29.2 Å². The van der Waals surface area contributed by atoms with Gasteiger partial charge in [0.25, 0.3) is 0 Å². The quantitative estimate of drug-likeness (QED) is 0.767. The van der Waals surface area contributed by atoms with Gasteiger partial charge in [0.1, 0.15) is 11.4 Å². The average molecular weight is 344 g/mol. The molecular weight excluding hydrogens is 329 g/mol. The van der Waals surface area contributed by atoms with Crippen LogP contribution in [-0.4, -0.2) is 44.9 Å². The van der Waals surface area contributed by atoms with Gasteiger partial charge >= 0.3 is 0 Å². The molecule has 2 atom stereocenters. The van der Waals surface area contributed by atoms with Crippen molar-refractivity contribution < 1.29 is 20.1 Å². The summed E-state index contributed by atoms with van der Waals surface area (Å²) in [5, 5.41) is 30.1. The Morgan fingerprint density at radius 3 is 2.77 bits per heavy atom. The van der Waals surface area contributed by atoms with Crippen LogP contribution in [0.2, 0.25) is 10.0 Å². The molecule has 0 bridgehead atoms. The van der Waals surface area contributed by atoms with Gasteiger partial charge in [0, 0.05) is 23.7 Å². The highest BCUT2D eigenvalue weighted by Gasteiger charge is 2.42. The Labute approximate surface area is 137 Å². The maximum atomic E-state index is 12.2. The van der Waals surface area contributed by atoms with Crippen molar-refractivity contribution in [3.63, 3.8) is 0 Å². The highest BCUT2D eigenvalue weighted by atomic mass is 35.5. The average Bonchev–Trinajstić information content (AvgIpc) is 2.87. The lowest BCUT2D eigenvalue weighted by Crippen LogP contribution is -2.44. The number of aliphatic hydroxyl groups excluding tert-OH is 1. The van der Waals surface area contributed by atoms with Crippen LogP contribution < -0.4 is 0 Å². The lowest BCUT2D eigenvalue weighted by atomic mass is 9.93. The number of carbonyl (C=O) groups excluding carboxylic acids is 1. The summed E-state index contributed by atoms with van der Waals surface area (Å²) < 4.78 is 0. The number of nitrogens with zero attached hydrogens (tertiary/aromatic N) is 1. The third-order valence-electron chi connectivity index (χ3n) is 4.19. The molecule has 7 heteroatoms. The van der Waals surface area contributed by atoms with E-state index in [-0.39, 0.29) is 29.0 Å². The van der Waals surface area contributed by atoms with Crippen LogP contribution in [0.4, 0.5) is 0 Å². The van der Waals surface area contributed by atoms with E-state index in [0.717, 1.165) is 0 Å². The van der Waals surface area contributed by atoms with Crippen LogP contribution in [0, 0.1) is 0 Å². The van der Waals surface area contributed by atoms with Crippen molar-refractivity contribution in [2.45, 2.75) is 24.4 Å². The number of aliphatic hydroxyl groups is 2. The summed E-state index contributed by atoms with van der Waals surface area (Å²) in [5.41, 5.74) is -0.379. The number of hydrogen-bond acceptors (Lipinski definition) is 4. The first-order valence-electron chi connectivity index (χ1n) is 6.87. The second-order valence-corrected chi connectivity index (χ2v) is 6.56. The molecule has 1 unspecified atom stereocenters. The second kappa shape index (κ2) is 5.42. The number of fused-ring (bicyclic) bond motifs is 1. The summed E-state index contributed by atoms with van der Waals surface area (Å²) in [5.74, 6) is -0.429. The maximum Gasteiger partial charge on any atom is 0.230 e. The zero-order valence-electron chi connectivity index (χ0n) is 11.6. The lowest BCUT2D eigenvalue weighted by molar-refractivity contribution is -0.135. The van der Waals surface area contributed by atoms with Crippen molar-refractivity contribution in [2.24, 2.45) is 0 Å². The van der Waals surface area contributed by atoms with Gasteiger partial charge in [0.05, 0.1) is 23.1 Å². The van der Waals surface area contributed by atoms with Gasteiger partial charge in [-0.2, -0.15) is 0 Å². The highest BCUT2D eigenvalue weighted by molar-refractivity contribution is 6.42. The van der Waals surface area contributed by atoms with Gasteiger partial charge in [-0.15, -0.1) is 0 Å². The molecule has 2 heterocycles. The molecule has 5 nitrogen and oxygen atoms in total. The largest absolute Gasteiger partial charge is 0.508 e. The van der Waals surface area contributed by atoms with Gasteiger partial charge in [0.15, 0.2) is 0 Å². The first-order valence-corrected chi connectivity index (χ1v) is 7.62. The maximum absolute atomic E-state index is 12.2. The Bertz CT molecular complexity index is 676. The Kier molecular flexibility index (Phi) is 3.85. The van der Waals surface area contributed by atoms with Gasteiger partial charge in [-0.3, -0.25) is 4.79 Å². The van der Waals surface area contributed by atoms with E-state index < -0.39 is 12.2 Å². The number of aromatic hydroxyl groups is 1. The summed E-state index contributed by atoms with van der Waals surface area (Å²) in [6.07, 6.45) is 1.79. The minimum absolute atomic E-state index is 0.0321. The van der Waals surface area contributed by atoms with E-state index in [1.165, 1.54) is 18.2 Å². The fourth-order valence-electron chi connectivity index (χ4n) is 3.12. The molecule has 0 saturated carbocycles. The molecule has 1 fully saturated rings. The van der Waals surface area contributed by atoms with E-state index in [1.54, 1.807) is 4.90 Å². The minimum atomic E-state index is -1.52. The van der Waals surface area contributed by atoms with Crippen LogP contribution >= 0.6 is 23.2 Å². The number of halogens is 2. The fourth-order valence-corrected chi connectivity index (χ4v) is 3.60. The van der Waals surface area contributed by atoms with Crippen molar-refractivity contribution in [3.8, 4) is 5.75 Å². The number of phenols is 1. The van der Waals surface area contributed by atoms with Crippen LogP contribution in [0.5, 0.6) is 5.75 Å². The van der Waals surface area contributed by atoms with Crippen molar-refractivity contribution in [1.82, 2.24) is 4.90 Å². The van der Waals surface area contributed by atoms with Crippen molar-refractivity contribution in [3.05, 3.63) is 39.5 Å². The number of rotatable bonds is 2. The summed E-state index contributed by atoms with van der Waals surface area (Å²) >= 11 is 12.2. The van der Waals surface area contributed by atoms with Crippen LogP contribution in [0.1, 0.15) is 24.3 Å². The third-order valence-corrected chi connectivity index (χ3v) is 5.01. The van der Waals surface area contributed by atoms with Crippen molar-refractivity contribution in [2.75, 3.05) is 13.2 Å². The number of amides is 1. The molecular formula is C15H15Cl2NO4. The third kappa shape index (κ3) is 2.48. The van der Waals surface area contributed by atoms with Gasteiger partial charge in [0.2, 0.25) is 5.91 Å². The van der Waals surface area contributed by atoms with Gasteiger partial charge in [-0.1, -0.05) is 23.2 Å². The predicted octanol–water partition coefficient (Wildman–Crippen LogP) is 2.03. The van der Waals surface area contributed by atoms with E-state index in [4.69, 9.17) is 23.2 Å². The molecule has 118 valence electrons. The molecule has 0 radical (unpaired) electrons. The molecule has 0 aromatic heterocycles. The molecule has 3 rings (SSSR count). The lowest BCUT2D eigenvalue weighted by Gasteiger charge is -2.32. The molecule has 2 aliphatic heterocycles. The van der Waals surface area contributed by atoms with Crippen LogP contribution in [0.3, 0.4) is 0 Å². The van der Waals surface area contributed by atoms with Gasteiger partial charge < -0.3 is 20.2 Å². The molecule has 1 saturated heterocycles. The molecule has 1 amide bonds. The monoisotopic (exact) mass is 343 g/mol. The Morgan fingerprint density at radius 2 is 2.09 bits per heavy atom. The molecule has 2 aliphatic rings. The Balaban J connectivity index is 1.98. The molecule has 1 aromatic carbocycles. The predicted molar refractivity (Wildman–Crippen MR) is 81.9 cm³/mol. The SMILES string of the molecule is O=C1CC(O)(CO)C=C2C[C@H](c3c(O)ccc(Cl)c3Cl)CN12. The van der Waals surface area contributed by atoms with E-state index in [9.17, 15) is 20.1 Å². The fraction of sp³-hybridized carbons (Fsp3) is 0.400. The number of carbonyl (C=O) groups is 1. The van der Waals surface area contributed by atoms with E-state index in [2.05, 4.69) is 0 Å². The molecule has 3 N–H and O–H groups in total. The van der Waals surface area contributed by atoms with Gasteiger partial charge in [-0.25, -0.2) is 0 Å². The molecule has 0 spiro atoms. The zero-order valence-corrected chi connectivity index (χ0v) is 13.1. The summed E-state index contributed by atoms with van der Waals surface area (Å²) in [4.78, 5) is 13.7. The second-order valence-electron chi connectivity index (χ2n) is 5.77. The zero-order chi connectivity index (χ0) is 16.1. The Hall–Kier alpha value is -1.27. The first-order chi connectivity index (χ1) is 10.3. The normalized spacial score (nSPS) is 27.8. The number of hydrogen-bond donors (Lipinski definition) is 3. The summed E-state index contributed by atoms with van der Waals surface area (Å²) in [7, 11) is 0. The van der Waals surface area contributed by atoms with Crippen molar-refractivity contribution >= 4 is 29.1 Å². The van der Waals surface area contributed by atoms with Crippen LogP contribution in [-0.2, 0) is 4.79 Å². The van der Waals surface area contributed by atoms with Crippen LogP contribution in [0.15, 0.2) is 23.9 Å². The first kappa shape index (κ1) is 15.6. The van der Waals surface area contributed by atoms with Crippen molar-refractivity contribution in [1.29, 1.82) is 0 Å². The smallest absolute Gasteiger partial charge is 0.230 e. The van der Waals surface area contributed by atoms with Crippen LogP contribution in [0.25, 0.3) is 0 Å². The Morgan fingerprint density at radius 1 is 1.36 bits per heavy atom. The highest BCUT2D eigenvalue weighted by Crippen LogP contribution is 2.45. The molecule has 1 aromatic rings. The summed E-state index contributed by atoms with van der Waals surface area (Å²) in [6.45, 7) is -0.149. The number of benzene rings is 1. The van der Waals surface area contributed by atoms with E-state index >= 15 is 0 Å². The number of allylic oxidation sites excluding steroid dienone is 1. The molecule has 22 heavy (non-hydrogen) atoms. The minimum Gasteiger partial charge on any atom is -0.508 e. The molecule has 0 aliphatic carbocycles. The summed E-state index contributed by atoms with van der Waals surface area (Å²) in [6, 6.07) is 2.99. The standard InChI is InChI=1S/C15H15Cl2NO4/c16-10-1-2-11(20)13(14(10)17)8-3-9-4-15(22,7-19)5-12(21)18(9)6-8/h1-2,4,8,19-20,22H,3,5-7H2/t8-,15?/m0/s1. The van der Waals surface area contributed by atoms with E-state index in [1.807, 2.05) is 0 Å².